The second kappa shape index (κ2) is 15.2. The largest absolute Gasteiger partial charge is 0.496 e. The lowest BCUT2D eigenvalue weighted by Crippen LogP contribution is -2.22. The first-order valence-electron chi connectivity index (χ1n) is 17.0. The van der Waals surface area contributed by atoms with E-state index in [1.165, 1.54) is 25.3 Å². The van der Waals surface area contributed by atoms with Crippen molar-refractivity contribution in [3.05, 3.63) is 111 Å². The van der Waals surface area contributed by atoms with Crippen LogP contribution in [0.5, 0.6) is 5.75 Å². The van der Waals surface area contributed by atoms with Crippen molar-refractivity contribution in [2.24, 2.45) is 0 Å². The van der Waals surface area contributed by atoms with E-state index in [1.54, 1.807) is 18.3 Å². The van der Waals surface area contributed by atoms with Gasteiger partial charge in [0.05, 0.1) is 18.8 Å². The van der Waals surface area contributed by atoms with Gasteiger partial charge >= 0.3 is 6.18 Å². The third-order valence-electron chi connectivity index (χ3n) is 9.75. The predicted molar refractivity (Wildman–Crippen MR) is 191 cm³/mol. The molecule has 2 saturated heterocycles. The van der Waals surface area contributed by atoms with Crippen LogP contribution in [0.2, 0.25) is 0 Å². The molecule has 1 amide bonds. The van der Waals surface area contributed by atoms with Crippen molar-refractivity contribution in [1.29, 1.82) is 0 Å². The third kappa shape index (κ3) is 8.09. The molecular formula is C40H43F3N4O3. The number of nitrogens with zero attached hydrogens (tertiary/aromatic N) is 3. The zero-order chi connectivity index (χ0) is 35.4. The predicted octanol–water partition coefficient (Wildman–Crippen LogP) is 7.98. The highest BCUT2D eigenvalue weighted by atomic mass is 19.4. The molecule has 4 aromatic rings. The number of hydrogen-bond acceptors (Lipinski definition) is 6. The summed E-state index contributed by atoms with van der Waals surface area (Å²) in [6, 6.07) is 17.8. The fourth-order valence-electron chi connectivity index (χ4n) is 6.98. The molecule has 10 heteroatoms. The van der Waals surface area contributed by atoms with Crippen LogP contribution in [-0.4, -0.2) is 65.2 Å². The molecule has 3 aromatic carbocycles. The molecule has 262 valence electrons. The van der Waals surface area contributed by atoms with Crippen molar-refractivity contribution in [1.82, 2.24) is 14.8 Å². The van der Waals surface area contributed by atoms with E-state index < -0.39 is 11.7 Å². The fourth-order valence-corrected chi connectivity index (χ4v) is 6.98. The third-order valence-corrected chi connectivity index (χ3v) is 9.75. The van der Waals surface area contributed by atoms with Crippen LogP contribution in [0.25, 0.3) is 23.3 Å². The van der Waals surface area contributed by atoms with Gasteiger partial charge in [-0.15, -0.1) is 0 Å². The Hall–Kier alpha value is -4.51. The van der Waals surface area contributed by atoms with Crippen molar-refractivity contribution < 1.29 is 27.8 Å². The minimum Gasteiger partial charge on any atom is -0.496 e. The molecule has 1 aromatic heterocycles. The molecule has 2 fully saturated rings. The standard InChI is InChI=1S/C40H43F3N4O3/c1-26-29(12-13-30-22-38(50-3)31(21-35(30)40(41,42)43)24-46-17-4-5-18-46)8-6-9-33(26)34-10-7-11-36(27(34)2)45-39(49)37-20-28(14-16-44-37)23-47-19-15-32(48)25-47/h6-14,16,20-22,32,48H,4-5,15,17-19,23-25H2,1-3H3,(H,45,49)/b13-12+/t32-/m1/s1. The van der Waals surface area contributed by atoms with Gasteiger partial charge in [-0.25, -0.2) is 0 Å². The van der Waals surface area contributed by atoms with Crippen molar-refractivity contribution in [3.63, 3.8) is 0 Å². The summed E-state index contributed by atoms with van der Waals surface area (Å²) in [5.74, 6) is 0.113. The number of amides is 1. The van der Waals surface area contributed by atoms with E-state index in [9.17, 15) is 23.1 Å². The summed E-state index contributed by atoms with van der Waals surface area (Å²) in [5.41, 5.74) is 6.09. The molecule has 0 radical (unpaired) electrons. The molecule has 0 bridgehead atoms. The number of rotatable bonds is 10. The summed E-state index contributed by atoms with van der Waals surface area (Å²) < 4.78 is 48.6. The van der Waals surface area contributed by atoms with Gasteiger partial charge in [0.1, 0.15) is 11.4 Å². The van der Waals surface area contributed by atoms with Crippen LogP contribution in [0.3, 0.4) is 0 Å². The Balaban J connectivity index is 1.24. The number of aliphatic hydroxyl groups is 1. The SMILES string of the molecule is COc1cc(/C=C/c2cccc(-c3cccc(NC(=O)c4cc(CN5CC[C@@H](O)C5)ccn4)c3C)c2C)c(C(F)(F)F)cc1CN1CCCC1. The number of likely N-dealkylation sites (tertiary alicyclic amines) is 2. The maximum absolute atomic E-state index is 14.3. The molecule has 2 N–H and O–H groups in total. The molecule has 3 heterocycles. The van der Waals surface area contributed by atoms with Crippen molar-refractivity contribution in [2.45, 2.75) is 58.5 Å². The summed E-state index contributed by atoms with van der Waals surface area (Å²) in [4.78, 5) is 21.9. The summed E-state index contributed by atoms with van der Waals surface area (Å²) in [6.45, 7) is 8.09. The Morgan fingerprint density at radius 2 is 1.66 bits per heavy atom. The topological polar surface area (TPSA) is 77.9 Å². The van der Waals surface area contributed by atoms with E-state index in [-0.39, 0.29) is 17.6 Å². The number of halogens is 3. The molecular weight excluding hydrogens is 641 g/mol. The van der Waals surface area contributed by atoms with Crippen LogP contribution in [0.15, 0.2) is 66.9 Å². The Kier molecular flexibility index (Phi) is 10.7. The molecule has 1 atom stereocenters. The summed E-state index contributed by atoms with van der Waals surface area (Å²) in [6.07, 6.45) is 2.84. The Bertz CT molecular complexity index is 1880. The highest BCUT2D eigenvalue weighted by Gasteiger charge is 2.34. The summed E-state index contributed by atoms with van der Waals surface area (Å²) >= 11 is 0. The number of ether oxygens (including phenoxy) is 1. The molecule has 0 unspecified atom stereocenters. The molecule has 0 spiro atoms. The first-order valence-corrected chi connectivity index (χ1v) is 17.0. The van der Waals surface area contributed by atoms with Crippen LogP contribution in [0.4, 0.5) is 18.9 Å². The van der Waals surface area contributed by atoms with Crippen molar-refractivity contribution >= 4 is 23.7 Å². The van der Waals surface area contributed by atoms with Gasteiger partial charge in [-0.3, -0.25) is 19.6 Å². The van der Waals surface area contributed by atoms with Gasteiger partial charge in [0, 0.05) is 43.6 Å². The van der Waals surface area contributed by atoms with Gasteiger partial charge in [-0.2, -0.15) is 13.2 Å². The van der Waals surface area contributed by atoms with Gasteiger partial charge < -0.3 is 15.2 Å². The van der Waals surface area contributed by atoms with Crippen molar-refractivity contribution in [3.8, 4) is 16.9 Å². The summed E-state index contributed by atoms with van der Waals surface area (Å²) in [5, 5.41) is 12.9. The number of hydrogen-bond donors (Lipinski definition) is 2. The first kappa shape index (κ1) is 35.3. The Morgan fingerprint density at radius 1 is 0.940 bits per heavy atom. The van der Waals surface area contributed by atoms with Crippen molar-refractivity contribution in [2.75, 3.05) is 38.6 Å². The number of nitrogens with one attached hydrogen (secondary N) is 1. The number of anilines is 1. The lowest BCUT2D eigenvalue weighted by atomic mass is 9.92. The number of methoxy groups -OCH3 is 1. The second-order valence-electron chi connectivity index (χ2n) is 13.2. The van der Waals surface area contributed by atoms with Crippen LogP contribution in [0, 0.1) is 13.8 Å². The van der Waals surface area contributed by atoms with Gasteiger partial charge in [0.2, 0.25) is 0 Å². The lowest BCUT2D eigenvalue weighted by Gasteiger charge is -2.20. The van der Waals surface area contributed by atoms with Crippen LogP contribution < -0.4 is 10.1 Å². The maximum Gasteiger partial charge on any atom is 0.417 e. The first-order chi connectivity index (χ1) is 24.0. The molecule has 2 aliphatic rings. The van der Waals surface area contributed by atoms with E-state index in [2.05, 4.69) is 20.1 Å². The highest BCUT2D eigenvalue weighted by Crippen LogP contribution is 2.38. The molecule has 50 heavy (non-hydrogen) atoms. The lowest BCUT2D eigenvalue weighted by molar-refractivity contribution is -0.137. The minimum atomic E-state index is -4.53. The number of β-amino-alcohol motifs (C(OH)–C–C–N with tert-alkyl or cyclic N) is 1. The minimum absolute atomic E-state index is 0.0425. The normalized spacial score (nSPS) is 17.1. The highest BCUT2D eigenvalue weighted by molar-refractivity contribution is 6.04. The zero-order valence-corrected chi connectivity index (χ0v) is 28.7. The zero-order valence-electron chi connectivity index (χ0n) is 28.7. The van der Waals surface area contributed by atoms with Crippen LogP contribution in [0.1, 0.15) is 68.7 Å². The molecule has 7 nitrogen and oxygen atoms in total. The second-order valence-corrected chi connectivity index (χ2v) is 13.2. The van der Waals surface area contributed by atoms with E-state index in [0.717, 1.165) is 72.3 Å². The number of carbonyl (C=O) groups excluding carboxylic acids is 1. The van der Waals surface area contributed by atoms with Gasteiger partial charge in [-0.05, 0) is 115 Å². The van der Waals surface area contributed by atoms with Gasteiger partial charge in [0.25, 0.3) is 5.91 Å². The number of alkyl halides is 3. The van der Waals surface area contributed by atoms with E-state index in [1.807, 2.05) is 56.3 Å². The molecule has 2 aliphatic heterocycles. The average Bonchev–Trinajstić information content (AvgIpc) is 3.76. The fraction of sp³-hybridized carbons (Fsp3) is 0.350. The summed E-state index contributed by atoms with van der Waals surface area (Å²) in [7, 11) is 1.49. The van der Waals surface area contributed by atoms with Gasteiger partial charge in [-0.1, -0.05) is 42.5 Å². The van der Waals surface area contributed by atoms with Crippen LogP contribution >= 0.6 is 0 Å². The van der Waals surface area contributed by atoms with Crippen LogP contribution in [-0.2, 0) is 19.3 Å². The number of aliphatic hydroxyl groups excluding tert-OH is 1. The maximum atomic E-state index is 14.3. The smallest absolute Gasteiger partial charge is 0.417 e. The molecule has 6 rings (SSSR count). The van der Waals surface area contributed by atoms with E-state index in [4.69, 9.17) is 4.74 Å². The van der Waals surface area contributed by atoms with E-state index >= 15 is 0 Å². The quantitative estimate of drug-likeness (QED) is 0.165. The molecule has 0 aliphatic carbocycles. The Morgan fingerprint density at radius 3 is 2.36 bits per heavy atom. The molecule has 0 saturated carbocycles. The number of benzene rings is 3. The average molecular weight is 685 g/mol. The van der Waals surface area contributed by atoms with E-state index in [0.29, 0.717) is 42.3 Å². The number of aromatic nitrogens is 1. The monoisotopic (exact) mass is 684 g/mol. The number of carbonyl (C=O) groups is 1. The van der Waals surface area contributed by atoms with Gasteiger partial charge in [0.15, 0.2) is 0 Å². The Labute approximate surface area is 291 Å². The number of pyridine rings is 1.